The van der Waals surface area contributed by atoms with Crippen LogP contribution in [0, 0.1) is 0 Å². The second-order valence-electron chi connectivity index (χ2n) is 10.3. The zero-order valence-corrected chi connectivity index (χ0v) is 19.5. The first kappa shape index (κ1) is 19.7. The van der Waals surface area contributed by atoms with Gasteiger partial charge in [-0.1, -0.05) is 24.6 Å². The van der Waals surface area contributed by atoms with E-state index in [2.05, 4.69) is 61.7 Å². The maximum absolute atomic E-state index is 5.37. The predicted octanol–water partition coefficient (Wildman–Crippen LogP) is 4.93. The van der Waals surface area contributed by atoms with Crippen molar-refractivity contribution in [3.8, 4) is 11.4 Å². The first-order chi connectivity index (χ1) is 17.3. The van der Waals surface area contributed by atoms with E-state index in [0.717, 1.165) is 70.6 Å². The number of aromatic amines is 1. The van der Waals surface area contributed by atoms with Gasteiger partial charge in [0.25, 0.3) is 0 Å². The summed E-state index contributed by atoms with van der Waals surface area (Å²) < 4.78 is 0. The van der Waals surface area contributed by atoms with Gasteiger partial charge < -0.3 is 15.2 Å². The number of aromatic nitrogens is 5. The number of pyridine rings is 2. The van der Waals surface area contributed by atoms with Crippen molar-refractivity contribution < 1.29 is 0 Å². The molecule has 4 aromatic heterocycles. The van der Waals surface area contributed by atoms with E-state index in [9.17, 15) is 0 Å². The van der Waals surface area contributed by atoms with Gasteiger partial charge in [0.2, 0.25) is 0 Å². The molecule has 2 unspecified atom stereocenters. The third-order valence-electron chi connectivity index (χ3n) is 8.47. The average Bonchev–Trinajstić information content (AvgIpc) is 3.56. The van der Waals surface area contributed by atoms with Crippen molar-refractivity contribution in [3.63, 3.8) is 0 Å². The van der Waals surface area contributed by atoms with E-state index in [1.807, 2.05) is 12.4 Å². The Morgan fingerprint density at radius 2 is 1.89 bits per heavy atom. The fourth-order valence-electron chi connectivity index (χ4n) is 6.53. The van der Waals surface area contributed by atoms with Crippen LogP contribution in [0.25, 0.3) is 44.2 Å². The highest BCUT2D eigenvalue weighted by atomic mass is 15.3. The lowest BCUT2D eigenvalue weighted by Crippen LogP contribution is -2.35. The minimum atomic E-state index is 0.494. The molecule has 2 aliphatic heterocycles. The summed E-state index contributed by atoms with van der Waals surface area (Å²) in [5, 5.41) is 7.15. The van der Waals surface area contributed by atoms with Gasteiger partial charge in [-0.25, -0.2) is 15.0 Å². The van der Waals surface area contributed by atoms with Gasteiger partial charge in [-0.3, -0.25) is 4.98 Å². The number of H-pyrrole nitrogens is 1. The summed E-state index contributed by atoms with van der Waals surface area (Å²) in [5.41, 5.74) is 5.25. The molecule has 0 amide bonds. The fraction of sp³-hybridized carbons (Fsp3) is 0.357. The number of fused-ring (bicyclic) bond motifs is 5. The molecule has 0 bridgehead atoms. The van der Waals surface area contributed by atoms with Crippen LogP contribution in [-0.2, 0) is 0 Å². The normalized spacial score (nSPS) is 22.3. The molecule has 174 valence electrons. The molecule has 5 aromatic rings. The molecule has 1 saturated carbocycles. The molecule has 35 heavy (non-hydrogen) atoms. The number of hydrogen-bond donors (Lipinski definition) is 2. The van der Waals surface area contributed by atoms with Crippen molar-refractivity contribution in [3.05, 3.63) is 54.5 Å². The van der Waals surface area contributed by atoms with Gasteiger partial charge in [0.1, 0.15) is 11.5 Å². The van der Waals surface area contributed by atoms with Crippen LogP contribution < -0.4 is 10.2 Å². The van der Waals surface area contributed by atoms with Crippen LogP contribution in [0.5, 0.6) is 0 Å². The van der Waals surface area contributed by atoms with Gasteiger partial charge in [-0.05, 0) is 55.8 Å². The Hall–Kier alpha value is -3.58. The van der Waals surface area contributed by atoms with E-state index in [1.165, 1.54) is 30.2 Å². The van der Waals surface area contributed by atoms with Gasteiger partial charge in [0.15, 0.2) is 5.82 Å². The topological polar surface area (TPSA) is 82.6 Å². The quantitative estimate of drug-likeness (QED) is 0.396. The van der Waals surface area contributed by atoms with Crippen molar-refractivity contribution in [2.24, 2.45) is 0 Å². The molecule has 1 aromatic carbocycles. The summed E-state index contributed by atoms with van der Waals surface area (Å²) >= 11 is 0. The van der Waals surface area contributed by atoms with Crippen LogP contribution >= 0.6 is 0 Å². The highest BCUT2D eigenvalue weighted by Crippen LogP contribution is 2.44. The summed E-state index contributed by atoms with van der Waals surface area (Å²) in [7, 11) is 0. The summed E-state index contributed by atoms with van der Waals surface area (Å²) in [6, 6.07) is 11.5. The molecule has 0 spiro atoms. The van der Waals surface area contributed by atoms with E-state index >= 15 is 0 Å². The van der Waals surface area contributed by atoms with E-state index in [0.29, 0.717) is 18.0 Å². The molecular weight excluding hydrogens is 434 g/mol. The Bertz CT molecular complexity index is 1600. The van der Waals surface area contributed by atoms with E-state index in [1.54, 1.807) is 0 Å². The van der Waals surface area contributed by atoms with Crippen molar-refractivity contribution in [2.75, 3.05) is 18.0 Å². The third kappa shape index (κ3) is 2.88. The zero-order chi connectivity index (χ0) is 22.9. The summed E-state index contributed by atoms with van der Waals surface area (Å²) in [6.45, 7) is 2.11. The van der Waals surface area contributed by atoms with E-state index in [-0.39, 0.29) is 0 Å². The number of benzene rings is 1. The number of para-hydroxylation sites is 1. The second-order valence-corrected chi connectivity index (χ2v) is 10.3. The van der Waals surface area contributed by atoms with Crippen LogP contribution in [0.3, 0.4) is 0 Å². The molecule has 7 heteroatoms. The number of hydrogen-bond acceptors (Lipinski definition) is 6. The van der Waals surface area contributed by atoms with Crippen molar-refractivity contribution >= 4 is 38.7 Å². The molecule has 3 aliphatic rings. The molecule has 1 aliphatic carbocycles. The molecule has 0 radical (unpaired) electrons. The minimum absolute atomic E-state index is 0.494. The van der Waals surface area contributed by atoms with Gasteiger partial charge in [-0.15, -0.1) is 0 Å². The highest BCUT2D eigenvalue weighted by molar-refractivity contribution is 6.12. The van der Waals surface area contributed by atoms with Gasteiger partial charge in [-0.2, -0.15) is 0 Å². The first-order valence-electron chi connectivity index (χ1n) is 12.9. The van der Waals surface area contributed by atoms with Crippen molar-refractivity contribution in [1.82, 2.24) is 30.2 Å². The van der Waals surface area contributed by atoms with E-state index in [4.69, 9.17) is 9.97 Å². The summed E-state index contributed by atoms with van der Waals surface area (Å²) in [5.74, 6) is 2.42. The SMILES string of the molecule is c1ccc2c(c1)[nH]c1nccc(-c3nc(N4CCC5NCCC54)c4c(C5CCC5)cncc4n3)c12. The monoisotopic (exact) mass is 461 g/mol. The fourth-order valence-corrected chi connectivity index (χ4v) is 6.53. The highest BCUT2D eigenvalue weighted by Gasteiger charge is 2.39. The Morgan fingerprint density at radius 1 is 0.943 bits per heavy atom. The second kappa shape index (κ2) is 7.46. The van der Waals surface area contributed by atoms with Crippen LogP contribution in [0.2, 0.25) is 0 Å². The lowest BCUT2D eigenvalue weighted by atomic mass is 9.79. The van der Waals surface area contributed by atoms with E-state index < -0.39 is 0 Å². The molecule has 2 saturated heterocycles. The third-order valence-corrected chi connectivity index (χ3v) is 8.47. The lowest BCUT2D eigenvalue weighted by Gasteiger charge is -2.30. The average molecular weight is 462 g/mol. The maximum Gasteiger partial charge on any atom is 0.163 e. The zero-order valence-electron chi connectivity index (χ0n) is 19.5. The van der Waals surface area contributed by atoms with Crippen LogP contribution in [0.15, 0.2) is 48.9 Å². The smallest absolute Gasteiger partial charge is 0.163 e. The van der Waals surface area contributed by atoms with Gasteiger partial charge in [0, 0.05) is 58.3 Å². The maximum atomic E-state index is 5.37. The Morgan fingerprint density at radius 3 is 2.80 bits per heavy atom. The first-order valence-corrected chi connectivity index (χ1v) is 12.9. The summed E-state index contributed by atoms with van der Waals surface area (Å²) in [6.07, 6.45) is 11.9. The van der Waals surface area contributed by atoms with Gasteiger partial charge in [0.05, 0.1) is 11.7 Å². The number of nitrogens with one attached hydrogen (secondary N) is 2. The molecule has 3 fully saturated rings. The minimum Gasteiger partial charge on any atom is -0.351 e. The van der Waals surface area contributed by atoms with Crippen LogP contribution in [0.1, 0.15) is 43.6 Å². The lowest BCUT2D eigenvalue weighted by molar-refractivity contribution is 0.421. The predicted molar refractivity (Wildman–Crippen MR) is 139 cm³/mol. The molecular formula is C28H27N7. The molecule has 2 N–H and O–H groups in total. The molecule has 2 atom stereocenters. The van der Waals surface area contributed by atoms with Crippen LogP contribution in [0.4, 0.5) is 5.82 Å². The van der Waals surface area contributed by atoms with Crippen molar-refractivity contribution in [2.45, 2.75) is 50.1 Å². The van der Waals surface area contributed by atoms with Crippen LogP contribution in [-0.4, -0.2) is 50.1 Å². The molecule has 6 heterocycles. The molecule has 8 rings (SSSR count). The number of anilines is 1. The van der Waals surface area contributed by atoms with Crippen molar-refractivity contribution in [1.29, 1.82) is 0 Å². The Balaban J connectivity index is 1.41. The van der Waals surface area contributed by atoms with Gasteiger partial charge >= 0.3 is 0 Å². The standard InChI is InChI=1S/C28H27N7/c1-2-7-20-17(6-1)24-18(8-11-31-27(24)32-20)26-33-22-15-29-14-19(16-4-3-5-16)25(22)28(34-26)35-13-10-21-23(35)9-12-30-21/h1-2,6-8,11,14-16,21,23,30H,3-5,9-10,12-13H2,(H,31,32). The largest absolute Gasteiger partial charge is 0.351 e. The Kier molecular flexibility index (Phi) is 4.20. The Labute approximate surface area is 203 Å². The number of rotatable bonds is 3. The summed E-state index contributed by atoms with van der Waals surface area (Å²) in [4.78, 5) is 25.8. The number of nitrogens with zero attached hydrogens (tertiary/aromatic N) is 5. The molecule has 7 nitrogen and oxygen atoms in total.